The number of fused-ring (bicyclic) bond motifs is 3. The smallest absolute Gasteiger partial charge is 0.338 e. The molecule has 0 bridgehead atoms. The predicted octanol–water partition coefficient (Wildman–Crippen LogP) is 1.54. The highest BCUT2D eigenvalue weighted by Crippen LogP contribution is 2.32. The third kappa shape index (κ3) is 3.70. The van der Waals surface area contributed by atoms with Crippen LogP contribution in [0.15, 0.2) is 41.2 Å². The summed E-state index contributed by atoms with van der Waals surface area (Å²) in [6, 6.07) is 10.0. The Labute approximate surface area is 176 Å². The summed E-state index contributed by atoms with van der Waals surface area (Å²) in [5.74, 6) is 0.948. The molecular weight excluding hydrogens is 402 g/mol. The summed E-state index contributed by atoms with van der Waals surface area (Å²) in [6.07, 6.45) is 1.62. The topological polar surface area (TPSA) is 109 Å². The number of esters is 1. The molecule has 0 unspecified atom stereocenters. The van der Waals surface area contributed by atoms with Crippen LogP contribution in [0, 0.1) is 0 Å². The van der Waals surface area contributed by atoms with Crippen molar-refractivity contribution in [3.63, 3.8) is 0 Å². The molecule has 0 saturated carbocycles. The van der Waals surface area contributed by atoms with Crippen molar-refractivity contribution in [2.75, 3.05) is 13.4 Å². The minimum atomic E-state index is -0.650. The monoisotopic (exact) mass is 421 g/mol. The van der Waals surface area contributed by atoms with Crippen molar-refractivity contribution in [1.82, 2.24) is 14.9 Å². The number of nitrogens with zero attached hydrogens (tertiary/aromatic N) is 2. The minimum Gasteiger partial charge on any atom is -0.454 e. The van der Waals surface area contributed by atoms with Gasteiger partial charge in [0, 0.05) is 19.5 Å². The Morgan fingerprint density at radius 2 is 2.00 bits per heavy atom. The average molecular weight is 421 g/mol. The summed E-state index contributed by atoms with van der Waals surface area (Å²) in [5.41, 5.74) is 1.44. The number of ether oxygens (including phenoxy) is 3. The summed E-state index contributed by atoms with van der Waals surface area (Å²) in [4.78, 5) is 41.4. The van der Waals surface area contributed by atoms with E-state index in [1.54, 1.807) is 22.8 Å². The van der Waals surface area contributed by atoms with E-state index in [0.29, 0.717) is 28.9 Å². The molecule has 3 heterocycles. The standard InChI is InChI=1S/C22H19N3O6/c26-20(23-10-13-3-6-17-18(8-13)31-12-30-17)11-29-22(28)14-4-5-15-16(9-14)24-19-2-1-7-25(19)21(15)27/h3-6,8-9H,1-2,7,10-12H2,(H,23,26). The van der Waals surface area contributed by atoms with E-state index < -0.39 is 18.5 Å². The minimum absolute atomic E-state index is 0.0969. The summed E-state index contributed by atoms with van der Waals surface area (Å²) in [6.45, 7) is 0.703. The Kier molecular flexibility index (Phi) is 4.78. The third-order valence-electron chi connectivity index (χ3n) is 5.31. The SMILES string of the molecule is O=C(COC(=O)c1ccc2c(=O)n3c(nc2c1)CCC3)NCc1ccc2c(c1)OCO2. The molecule has 1 N–H and O–H groups in total. The van der Waals surface area contributed by atoms with E-state index in [-0.39, 0.29) is 24.5 Å². The number of carbonyl (C=O) groups excluding carboxylic acids is 2. The summed E-state index contributed by atoms with van der Waals surface area (Å²) < 4.78 is 17.3. The summed E-state index contributed by atoms with van der Waals surface area (Å²) >= 11 is 0. The van der Waals surface area contributed by atoms with Crippen LogP contribution in [0.5, 0.6) is 11.5 Å². The zero-order valence-electron chi connectivity index (χ0n) is 16.6. The molecule has 31 heavy (non-hydrogen) atoms. The van der Waals surface area contributed by atoms with E-state index in [1.807, 2.05) is 6.07 Å². The Bertz CT molecular complexity index is 1270. The molecule has 3 aromatic rings. The van der Waals surface area contributed by atoms with E-state index in [2.05, 4.69) is 10.3 Å². The van der Waals surface area contributed by atoms with Crippen LogP contribution in [0.25, 0.3) is 10.9 Å². The van der Waals surface area contributed by atoms with E-state index in [4.69, 9.17) is 14.2 Å². The van der Waals surface area contributed by atoms with E-state index in [1.165, 1.54) is 12.1 Å². The number of nitrogens with one attached hydrogen (secondary N) is 1. The Balaban J connectivity index is 1.20. The summed E-state index contributed by atoms with van der Waals surface area (Å²) in [5, 5.41) is 3.16. The lowest BCUT2D eigenvalue weighted by Gasteiger charge is -2.08. The van der Waals surface area contributed by atoms with Crippen LogP contribution in [0.3, 0.4) is 0 Å². The van der Waals surface area contributed by atoms with Gasteiger partial charge in [-0.3, -0.25) is 14.2 Å². The normalized spacial score (nSPS) is 13.8. The first-order chi connectivity index (χ1) is 15.1. The molecule has 0 fully saturated rings. The van der Waals surface area contributed by atoms with Gasteiger partial charge in [0.2, 0.25) is 6.79 Å². The highest BCUT2D eigenvalue weighted by Gasteiger charge is 2.18. The quantitative estimate of drug-likeness (QED) is 0.623. The molecule has 9 heteroatoms. The van der Waals surface area contributed by atoms with Crippen LogP contribution in [0.2, 0.25) is 0 Å². The van der Waals surface area contributed by atoms with Crippen molar-refractivity contribution in [3.05, 3.63) is 63.7 Å². The van der Waals surface area contributed by atoms with Gasteiger partial charge >= 0.3 is 5.97 Å². The average Bonchev–Trinajstić information content (AvgIpc) is 3.44. The third-order valence-corrected chi connectivity index (χ3v) is 5.31. The van der Waals surface area contributed by atoms with Crippen LogP contribution in [0.4, 0.5) is 0 Å². The fraction of sp³-hybridized carbons (Fsp3) is 0.273. The molecule has 1 aromatic heterocycles. The number of benzene rings is 2. The second kappa shape index (κ2) is 7.75. The van der Waals surface area contributed by atoms with Crippen molar-refractivity contribution in [2.24, 2.45) is 0 Å². The number of hydrogen-bond acceptors (Lipinski definition) is 7. The predicted molar refractivity (Wildman–Crippen MR) is 109 cm³/mol. The maximum Gasteiger partial charge on any atom is 0.338 e. The van der Waals surface area contributed by atoms with Crippen molar-refractivity contribution >= 4 is 22.8 Å². The van der Waals surface area contributed by atoms with Gasteiger partial charge in [0.1, 0.15) is 5.82 Å². The molecule has 2 aliphatic heterocycles. The maximum atomic E-state index is 12.5. The molecule has 0 saturated heterocycles. The molecule has 9 nitrogen and oxygen atoms in total. The zero-order valence-corrected chi connectivity index (χ0v) is 16.6. The van der Waals surface area contributed by atoms with Crippen molar-refractivity contribution in [2.45, 2.75) is 25.9 Å². The number of aromatic nitrogens is 2. The van der Waals surface area contributed by atoms with Gasteiger partial charge in [-0.1, -0.05) is 6.07 Å². The first-order valence-electron chi connectivity index (χ1n) is 9.94. The maximum absolute atomic E-state index is 12.5. The van der Waals surface area contributed by atoms with Gasteiger partial charge in [-0.05, 0) is 42.3 Å². The fourth-order valence-corrected chi connectivity index (χ4v) is 3.73. The lowest BCUT2D eigenvalue weighted by Crippen LogP contribution is -2.28. The number of aryl methyl sites for hydroxylation is 1. The summed E-state index contributed by atoms with van der Waals surface area (Å²) in [7, 11) is 0. The van der Waals surface area contributed by atoms with Crippen LogP contribution in [-0.2, 0) is 29.0 Å². The second-order valence-corrected chi connectivity index (χ2v) is 7.36. The van der Waals surface area contributed by atoms with Crippen molar-refractivity contribution in [1.29, 1.82) is 0 Å². The Morgan fingerprint density at radius 1 is 1.13 bits per heavy atom. The van der Waals surface area contributed by atoms with Gasteiger partial charge < -0.3 is 19.5 Å². The number of hydrogen-bond donors (Lipinski definition) is 1. The van der Waals surface area contributed by atoms with Gasteiger partial charge in [0.15, 0.2) is 18.1 Å². The van der Waals surface area contributed by atoms with Gasteiger partial charge in [0.25, 0.3) is 11.5 Å². The van der Waals surface area contributed by atoms with Gasteiger partial charge in [0.05, 0.1) is 16.5 Å². The van der Waals surface area contributed by atoms with Crippen molar-refractivity contribution < 1.29 is 23.8 Å². The molecular formula is C22H19N3O6. The van der Waals surface area contributed by atoms with Gasteiger partial charge in [-0.15, -0.1) is 0 Å². The van der Waals surface area contributed by atoms with Crippen LogP contribution >= 0.6 is 0 Å². The van der Waals surface area contributed by atoms with Crippen LogP contribution in [0.1, 0.15) is 28.2 Å². The highest BCUT2D eigenvalue weighted by atomic mass is 16.7. The molecule has 0 atom stereocenters. The second-order valence-electron chi connectivity index (χ2n) is 7.36. The molecule has 158 valence electrons. The number of rotatable bonds is 5. The number of carbonyl (C=O) groups is 2. The molecule has 2 aromatic carbocycles. The van der Waals surface area contributed by atoms with Crippen LogP contribution in [-0.4, -0.2) is 34.8 Å². The lowest BCUT2D eigenvalue weighted by atomic mass is 10.1. The van der Waals surface area contributed by atoms with E-state index >= 15 is 0 Å². The number of amides is 1. The lowest BCUT2D eigenvalue weighted by molar-refractivity contribution is -0.124. The van der Waals surface area contributed by atoms with Crippen LogP contribution < -0.4 is 20.3 Å². The van der Waals surface area contributed by atoms with E-state index in [0.717, 1.165) is 24.2 Å². The van der Waals surface area contributed by atoms with Crippen molar-refractivity contribution in [3.8, 4) is 11.5 Å². The van der Waals surface area contributed by atoms with Gasteiger partial charge in [-0.25, -0.2) is 9.78 Å². The molecule has 0 spiro atoms. The Morgan fingerprint density at radius 3 is 2.90 bits per heavy atom. The molecule has 0 aliphatic carbocycles. The fourth-order valence-electron chi connectivity index (χ4n) is 3.73. The zero-order chi connectivity index (χ0) is 21.4. The Hall–Kier alpha value is -3.88. The molecule has 1 amide bonds. The van der Waals surface area contributed by atoms with Gasteiger partial charge in [-0.2, -0.15) is 0 Å². The first-order valence-corrected chi connectivity index (χ1v) is 9.94. The first kappa shape index (κ1) is 19.1. The molecule has 2 aliphatic rings. The largest absolute Gasteiger partial charge is 0.454 e. The highest BCUT2D eigenvalue weighted by molar-refractivity contribution is 5.95. The molecule has 5 rings (SSSR count). The molecule has 0 radical (unpaired) electrons. The van der Waals surface area contributed by atoms with E-state index in [9.17, 15) is 14.4 Å².